The average Bonchev–Trinajstić information content (AvgIpc) is 2.93. The topological polar surface area (TPSA) is 70.4 Å². The fourth-order valence-corrected chi connectivity index (χ4v) is 2.04. The Morgan fingerprint density at radius 1 is 1.17 bits per heavy atom. The molecule has 0 fully saturated rings. The third-order valence-corrected chi connectivity index (χ3v) is 3.02. The minimum absolute atomic E-state index is 0.354. The van der Waals surface area contributed by atoms with Gasteiger partial charge >= 0.3 is 11.9 Å². The monoisotopic (exact) mass is 316 g/mol. The van der Waals surface area contributed by atoms with Crippen LogP contribution in [-0.2, 0) is 16.0 Å². The van der Waals surface area contributed by atoms with E-state index in [4.69, 9.17) is 4.74 Å². The Labute approximate surface area is 135 Å². The molecule has 0 radical (unpaired) electrons. The van der Waals surface area contributed by atoms with Crippen LogP contribution in [0.2, 0.25) is 0 Å². The Kier molecular flexibility index (Phi) is 4.83. The van der Waals surface area contributed by atoms with E-state index in [1.54, 1.807) is 23.0 Å². The summed E-state index contributed by atoms with van der Waals surface area (Å²) in [7, 11) is 1.32. The van der Waals surface area contributed by atoms with Gasteiger partial charge in [-0.3, -0.25) is 4.68 Å². The zero-order valence-electron chi connectivity index (χ0n) is 13.7. The van der Waals surface area contributed by atoms with Gasteiger partial charge < -0.3 is 9.47 Å². The summed E-state index contributed by atoms with van der Waals surface area (Å²) < 4.78 is 11.6. The van der Waals surface area contributed by atoms with Crippen LogP contribution in [0.4, 0.5) is 0 Å². The minimum atomic E-state index is -0.562. The molecule has 0 aliphatic carbocycles. The highest BCUT2D eigenvalue weighted by atomic mass is 16.6. The Morgan fingerprint density at radius 3 is 2.52 bits per heavy atom. The van der Waals surface area contributed by atoms with Crippen molar-refractivity contribution in [3.63, 3.8) is 0 Å². The molecule has 1 aromatic carbocycles. The van der Waals surface area contributed by atoms with Crippen LogP contribution in [0.1, 0.15) is 47.1 Å². The number of carbonyl (C=O) groups is 2. The number of hydrogen-bond donors (Lipinski definition) is 0. The van der Waals surface area contributed by atoms with E-state index in [0.29, 0.717) is 17.7 Å². The highest BCUT2D eigenvalue weighted by Gasteiger charge is 2.20. The van der Waals surface area contributed by atoms with Gasteiger partial charge in [0.1, 0.15) is 5.60 Å². The van der Waals surface area contributed by atoms with Crippen molar-refractivity contribution in [2.45, 2.75) is 32.9 Å². The van der Waals surface area contributed by atoms with E-state index in [9.17, 15) is 9.59 Å². The number of hydrogen-bond acceptors (Lipinski definition) is 5. The van der Waals surface area contributed by atoms with Crippen molar-refractivity contribution in [3.05, 3.63) is 53.3 Å². The van der Waals surface area contributed by atoms with Gasteiger partial charge in [0.15, 0.2) is 0 Å². The molecule has 0 saturated heterocycles. The smallest absolute Gasteiger partial charge is 0.341 e. The number of methoxy groups -OCH3 is 1. The molecule has 0 bridgehead atoms. The summed E-state index contributed by atoms with van der Waals surface area (Å²) in [5.41, 5.74) is 1.05. The zero-order valence-corrected chi connectivity index (χ0v) is 13.7. The quantitative estimate of drug-likeness (QED) is 0.811. The van der Waals surface area contributed by atoms with Crippen LogP contribution in [0.3, 0.4) is 0 Å². The Hall–Kier alpha value is -2.63. The van der Waals surface area contributed by atoms with Gasteiger partial charge in [0.25, 0.3) is 0 Å². The van der Waals surface area contributed by atoms with Crippen molar-refractivity contribution in [2.24, 2.45) is 0 Å². The number of rotatable bonds is 4. The normalized spacial score (nSPS) is 11.1. The Morgan fingerprint density at radius 2 is 1.87 bits per heavy atom. The molecule has 1 aromatic heterocycles. The van der Waals surface area contributed by atoms with Gasteiger partial charge in [0.2, 0.25) is 0 Å². The molecule has 0 spiro atoms. The van der Waals surface area contributed by atoms with E-state index in [1.807, 2.05) is 32.9 Å². The lowest BCUT2D eigenvalue weighted by Crippen LogP contribution is -2.24. The SMILES string of the molecule is COC(=O)c1cnn(Cc2ccccc2C(=O)OC(C)(C)C)c1. The van der Waals surface area contributed by atoms with Crippen LogP contribution in [0, 0.1) is 0 Å². The van der Waals surface area contributed by atoms with Gasteiger partial charge in [0.05, 0.1) is 31.0 Å². The van der Waals surface area contributed by atoms with Gasteiger partial charge in [-0.1, -0.05) is 18.2 Å². The fraction of sp³-hybridized carbons (Fsp3) is 0.353. The second-order valence-corrected chi connectivity index (χ2v) is 6.08. The van der Waals surface area contributed by atoms with Crippen molar-refractivity contribution >= 4 is 11.9 Å². The van der Waals surface area contributed by atoms with Crippen LogP contribution < -0.4 is 0 Å². The lowest BCUT2D eigenvalue weighted by Gasteiger charge is -2.20. The summed E-state index contributed by atoms with van der Waals surface area (Å²) in [5.74, 6) is -0.829. The second-order valence-electron chi connectivity index (χ2n) is 6.08. The van der Waals surface area contributed by atoms with Crippen LogP contribution in [0.15, 0.2) is 36.7 Å². The van der Waals surface area contributed by atoms with Crippen LogP contribution >= 0.6 is 0 Å². The molecule has 0 amide bonds. The molecule has 0 saturated carbocycles. The fourth-order valence-electron chi connectivity index (χ4n) is 2.04. The highest BCUT2D eigenvalue weighted by Crippen LogP contribution is 2.16. The predicted molar refractivity (Wildman–Crippen MR) is 84.3 cm³/mol. The second kappa shape index (κ2) is 6.64. The first-order chi connectivity index (χ1) is 10.8. The molecule has 1 heterocycles. The molecule has 0 aliphatic rings. The lowest BCUT2D eigenvalue weighted by atomic mass is 10.1. The van der Waals surface area contributed by atoms with E-state index >= 15 is 0 Å². The van der Waals surface area contributed by atoms with Crippen LogP contribution in [0.25, 0.3) is 0 Å². The molecule has 23 heavy (non-hydrogen) atoms. The van der Waals surface area contributed by atoms with Crippen LogP contribution in [-0.4, -0.2) is 34.4 Å². The molecular weight excluding hydrogens is 296 g/mol. The maximum Gasteiger partial charge on any atom is 0.341 e. The largest absolute Gasteiger partial charge is 0.465 e. The number of aromatic nitrogens is 2. The average molecular weight is 316 g/mol. The molecule has 0 aliphatic heterocycles. The summed E-state index contributed by atoms with van der Waals surface area (Å²) in [4.78, 5) is 23.8. The van der Waals surface area contributed by atoms with E-state index in [1.165, 1.54) is 13.3 Å². The molecule has 0 N–H and O–H groups in total. The van der Waals surface area contributed by atoms with Crippen molar-refractivity contribution < 1.29 is 19.1 Å². The summed E-state index contributed by atoms with van der Waals surface area (Å²) in [6.45, 7) is 5.82. The first-order valence-electron chi connectivity index (χ1n) is 7.22. The number of carbonyl (C=O) groups excluding carboxylic acids is 2. The van der Waals surface area contributed by atoms with Gasteiger partial charge in [-0.05, 0) is 32.4 Å². The van der Waals surface area contributed by atoms with Crippen molar-refractivity contribution in [2.75, 3.05) is 7.11 Å². The summed E-state index contributed by atoms with van der Waals surface area (Å²) in [6.07, 6.45) is 3.01. The molecule has 0 atom stereocenters. The van der Waals surface area contributed by atoms with E-state index in [-0.39, 0.29) is 5.97 Å². The van der Waals surface area contributed by atoms with Crippen molar-refractivity contribution in [3.8, 4) is 0 Å². The summed E-state index contributed by atoms with van der Waals surface area (Å²) >= 11 is 0. The number of ether oxygens (including phenoxy) is 2. The first kappa shape index (κ1) is 16.7. The van der Waals surface area contributed by atoms with Gasteiger partial charge in [-0.2, -0.15) is 5.10 Å². The van der Waals surface area contributed by atoms with Crippen molar-refractivity contribution in [1.82, 2.24) is 9.78 Å². The minimum Gasteiger partial charge on any atom is -0.465 e. The molecule has 122 valence electrons. The predicted octanol–water partition coefficient (Wildman–Crippen LogP) is 2.67. The Balaban J connectivity index is 2.22. The number of esters is 2. The first-order valence-corrected chi connectivity index (χ1v) is 7.22. The molecule has 2 rings (SSSR count). The molecule has 6 heteroatoms. The van der Waals surface area contributed by atoms with E-state index in [2.05, 4.69) is 9.84 Å². The molecular formula is C17H20N2O4. The maximum absolute atomic E-state index is 12.3. The Bertz CT molecular complexity index is 713. The van der Waals surface area contributed by atoms with E-state index < -0.39 is 11.6 Å². The van der Waals surface area contributed by atoms with Crippen molar-refractivity contribution in [1.29, 1.82) is 0 Å². The van der Waals surface area contributed by atoms with Gasteiger partial charge in [-0.25, -0.2) is 9.59 Å². The van der Waals surface area contributed by atoms with Gasteiger partial charge in [0, 0.05) is 6.20 Å². The number of benzene rings is 1. The van der Waals surface area contributed by atoms with E-state index in [0.717, 1.165) is 5.56 Å². The maximum atomic E-state index is 12.3. The molecule has 6 nitrogen and oxygen atoms in total. The lowest BCUT2D eigenvalue weighted by molar-refractivity contribution is 0.00680. The van der Waals surface area contributed by atoms with Gasteiger partial charge in [-0.15, -0.1) is 0 Å². The number of nitrogens with zero attached hydrogens (tertiary/aromatic N) is 2. The third-order valence-electron chi connectivity index (χ3n) is 3.02. The molecule has 2 aromatic rings. The summed E-state index contributed by atoms with van der Waals surface area (Å²) in [5, 5.41) is 4.12. The highest BCUT2D eigenvalue weighted by molar-refractivity contribution is 5.91. The van der Waals surface area contributed by atoms with Crippen LogP contribution in [0.5, 0.6) is 0 Å². The molecule has 0 unspecified atom stereocenters. The standard InChI is InChI=1S/C17H20N2O4/c1-17(2,3)23-16(21)14-8-6-5-7-12(14)10-19-11-13(9-18-19)15(20)22-4/h5-9,11H,10H2,1-4H3. The zero-order chi connectivity index (χ0) is 17.0. The third kappa shape index (κ3) is 4.42. The summed E-state index contributed by atoms with van der Waals surface area (Å²) in [6, 6.07) is 7.17.